The minimum Gasteiger partial charge on any atom is -0.271 e. The molecule has 1 atom stereocenters. The van der Waals surface area contributed by atoms with Gasteiger partial charge in [-0.25, -0.2) is 4.98 Å². The highest BCUT2D eigenvalue weighted by Crippen LogP contribution is 2.27. The third-order valence-electron chi connectivity index (χ3n) is 2.41. The van der Waals surface area contributed by atoms with Crippen LogP contribution in [-0.2, 0) is 6.42 Å². The van der Waals surface area contributed by atoms with Gasteiger partial charge in [0.15, 0.2) is 0 Å². The van der Waals surface area contributed by atoms with E-state index in [0.29, 0.717) is 0 Å². The predicted octanol–water partition coefficient (Wildman–Crippen LogP) is 3.12. The van der Waals surface area contributed by atoms with Gasteiger partial charge in [0.25, 0.3) is 0 Å². The minimum absolute atomic E-state index is 0.0574. The first-order valence-corrected chi connectivity index (χ1v) is 7.74. The summed E-state index contributed by atoms with van der Waals surface area (Å²) in [5.41, 5.74) is 4.71. The zero-order valence-electron chi connectivity index (χ0n) is 9.65. The van der Waals surface area contributed by atoms with Crippen molar-refractivity contribution in [1.82, 2.24) is 15.4 Å². The minimum atomic E-state index is -0.0574. The molecule has 0 aromatic carbocycles. The maximum absolute atomic E-state index is 5.62. The molecule has 2 aromatic rings. The van der Waals surface area contributed by atoms with Crippen LogP contribution in [0.5, 0.6) is 0 Å². The average Bonchev–Trinajstić information content (AvgIpc) is 2.72. The first-order valence-electron chi connectivity index (χ1n) is 5.28. The third kappa shape index (κ3) is 3.36. The molecule has 96 valence electrons. The van der Waals surface area contributed by atoms with Crippen molar-refractivity contribution in [2.45, 2.75) is 19.4 Å². The molecule has 0 spiro atoms. The number of halogens is 2. The number of nitrogens with one attached hydrogen (secondary N) is 1. The highest BCUT2D eigenvalue weighted by molar-refractivity contribution is 9.11. The van der Waals surface area contributed by atoms with E-state index in [1.807, 2.05) is 18.4 Å². The summed E-state index contributed by atoms with van der Waals surface area (Å²) < 4.78 is 1.85. The van der Waals surface area contributed by atoms with Gasteiger partial charge < -0.3 is 0 Å². The lowest BCUT2D eigenvalue weighted by atomic mass is 10.1. The fourth-order valence-corrected chi connectivity index (χ4v) is 3.67. The molecule has 0 fully saturated rings. The smallest absolute Gasteiger partial charge is 0.0948 e. The number of aryl methyl sites for hydroxylation is 1. The highest BCUT2D eigenvalue weighted by Gasteiger charge is 2.17. The summed E-state index contributed by atoms with van der Waals surface area (Å²) in [6, 6.07) is 1.90. The Hall–Kier alpha value is -0.340. The molecule has 0 amide bonds. The Balaban J connectivity index is 2.22. The third-order valence-corrected chi connectivity index (χ3v) is 4.47. The van der Waals surface area contributed by atoms with Crippen molar-refractivity contribution in [2.24, 2.45) is 5.84 Å². The van der Waals surface area contributed by atoms with Crippen molar-refractivity contribution in [3.05, 3.63) is 43.0 Å². The molecule has 4 nitrogen and oxygen atoms in total. The molecule has 3 N–H and O–H groups in total. The van der Waals surface area contributed by atoms with Gasteiger partial charge in [-0.3, -0.25) is 16.3 Å². The Morgan fingerprint density at radius 1 is 1.50 bits per heavy atom. The number of hydrogen-bond acceptors (Lipinski definition) is 5. The molecule has 2 aromatic heterocycles. The van der Waals surface area contributed by atoms with Crippen LogP contribution >= 0.6 is 43.2 Å². The van der Waals surface area contributed by atoms with Crippen molar-refractivity contribution < 1.29 is 0 Å². The topological polar surface area (TPSA) is 63.8 Å². The van der Waals surface area contributed by atoms with Crippen LogP contribution in [0.25, 0.3) is 0 Å². The Labute approximate surface area is 126 Å². The molecule has 0 saturated carbocycles. The molecule has 0 aliphatic rings. The molecule has 1 unspecified atom stereocenters. The van der Waals surface area contributed by atoms with Crippen LogP contribution in [0.3, 0.4) is 0 Å². The van der Waals surface area contributed by atoms with E-state index in [0.717, 1.165) is 31.8 Å². The van der Waals surface area contributed by atoms with Gasteiger partial charge >= 0.3 is 0 Å². The maximum atomic E-state index is 5.62. The maximum Gasteiger partial charge on any atom is 0.0948 e. The van der Waals surface area contributed by atoms with Gasteiger partial charge in [0, 0.05) is 32.6 Å². The number of nitrogens with zero attached hydrogens (tertiary/aromatic N) is 2. The lowest BCUT2D eigenvalue weighted by Gasteiger charge is -2.15. The number of pyridine rings is 1. The van der Waals surface area contributed by atoms with E-state index in [2.05, 4.69) is 47.3 Å². The molecule has 0 aliphatic carbocycles. The number of rotatable bonds is 4. The predicted molar refractivity (Wildman–Crippen MR) is 80.3 cm³/mol. The lowest BCUT2D eigenvalue weighted by Crippen LogP contribution is -2.30. The molecule has 0 aliphatic heterocycles. The second-order valence-electron chi connectivity index (χ2n) is 3.83. The van der Waals surface area contributed by atoms with Gasteiger partial charge in [0.1, 0.15) is 0 Å². The largest absolute Gasteiger partial charge is 0.271 e. The van der Waals surface area contributed by atoms with E-state index in [1.165, 1.54) is 0 Å². The number of thiazole rings is 1. The number of hydrogen-bond donors (Lipinski definition) is 2. The Morgan fingerprint density at radius 3 is 2.83 bits per heavy atom. The van der Waals surface area contributed by atoms with Gasteiger partial charge in [-0.2, -0.15) is 0 Å². The standard InChI is InChI=1S/C11H12Br2N4S/c1-6-5-18-10(16-6)3-9(17-14)11-8(13)2-7(12)4-15-11/h2,4-5,9,17H,3,14H2,1H3. The Bertz CT molecular complexity index is 544. The van der Waals surface area contributed by atoms with Gasteiger partial charge in [0.2, 0.25) is 0 Å². The number of aromatic nitrogens is 2. The van der Waals surface area contributed by atoms with Crippen LogP contribution in [0, 0.1) is 6.92 Å². The SMILES string of the molecule is Cc1csc(CC(NN)c2ncc(Br)cc2Br)n1. The van der Waals surface area contributed by atoms with Crippen molar-refractivity contribution in [3.63, 3.8) is 0 Å². The zero-order valence-corrected chi connectivity index (χ0v) is 13.6. The zero-order chi connectivity index (χ0) is 13.1. The molecule has 2 heterocycles. The van der Waals surface area contributed by atoms with E-state index in [4.69, 9.17) is 5.84 Å². The summed E-state index contributed by atoms with van der Waals surface area (Å²) in [4.78, 5) is 8.83. The first kappa shape index (κ1) is 14.1. The lowest BCUT2D eigenvalue weighted by molar-refractivity contribution is 0.534. The molecule has 18 heavy (non-hydrogen) atoms. The van der Waals surface area contributed by atoms with Crippen molar-refractivity contribution in [2.75, 3.05) is 0 Å². The van der Waals surface area contributed by atoms with Gasteiger partial charge in [-0.05, 0) is 44.8 Å². The summed E-state index contributed by atoms with van der Waals surface area (Å²) in [7, 11) is 0. The van der Waals surface area contributed by atoms with Crippen molar-refractivity contribution in [1.29, 1.82) is 0 Å². The van der Waals surface area contributed by atoms with Crippen LogP contribution in [0.1, 0.15) is 22.4 Å². The second kappa shape index (κ2) is 6.21. The molecule has 2 rings (SSSR count). The van der Waals surface area contributed by atoms with Gasteiger partial charge in [-0.15, -0.1) is 11.3 Å². The quantitative estimate of drug-likeness (QED) is 0.620. The van der Waals surface area contributed by atoms with E-state index >= 15 is 0 Å². The second-order valence-corrected chi connectivity index (χ2v) is 6.54. The summed E-state index contributed by atoms with van der Waals surface area (Å²) in [6.07, 6.45) is 2.49. The Morgan fingerprint density at radius 2 is 2.28 bits per heavy atom. The number of hydrazine groups is 1. The van der Waals surface area contributed by atoms with E-state index in [1.54, 1.807) is 17.5 Å². The molecule has 0 bridgehead atoms. The molecule has 0 saturated heterocycles. The van der Waals surface area contributed by atoms with Crippen LogP contribution in [0.2, 0.25) is 0 Å². The first-order chi connectivity index (χ1) is 8.60. The van der Waals surface area contributed by atoms with Crippen LogP contribution < -0.4 is 11.3 Å². The van der Waals surface area contributed by atoms with Crippen molar-refractivity contribution >= 4 is 43.2 Å². The normalized spacial score (nSPS) is 12.7. The Kier molecular flexibility index (Phi) is 4.85. The molecular weight excluding hydrogens is 380 g/mol. The molecule has 7 heteroatoms. The number of nitrogens with two attached hydrogens (primary N) is 1. The summed E-state index contributed by atoms with van der Waals surface area (Å²) in [6.45, 7) is 1.98. The van der Waals surface area contributed by atoms with Crippen LogP contribution in [0.4, 0.5) is 0 Å². The van der Waals surface area contributed by atoms with E-state index in [9.17, 15) is 0 Å². The van der Waals surface area contributed by atoms with Gasteiger partial charge in [-0.1, -0.05) is 0 Å². The summed E-state index contributed by atoms with van der Waals surface area (Å²) >= 11 is 8.52. The highest BCUT2D eigenvalue weighted by atomic mass is 79.9. The fraction of sp³-hybridized carbons (Fsp3) is 0.273. The summed E-state index contributed by atoms with van der Waals surface area (Å²) in [5, 5.41) is 3.08. The van der Waals surface area contributed by atoms with Gasteiger partial charge in [0.05, 0.1) is 16.7 Å². The average molecular weight is 392 g/mol. The fourth-order valence-electron chi connectivity index (χ4n) is 1.59. The molecular formula is C11H12Br2N4S. The van der Waals surface area contributed by atoms with Crippen LogP contribution in [0.15, 0.2) is 26.6 Å². The van der Waals surface area contributed by atoms with E-state index < -0.39 is 0 Å². The summed E-state index contributed by atoms with van der Waals surface area (Å²) in [5.74, 6) is 5.62. The van der Waals surface area contributed by atoms with E-state index in [-0.39, 0.29) is 6.04 Å². The molecule has 0 radical (unpaired) electrons. The monoisotopic (exact) mass is 390 g/mol. The van der Waals surface area contributed by atoms with Crippen LogP contribution in [-0.4, -0.2) is 9.97 Å². The van der Waals surface area contributed by atoms with Crippen molar-refractivity contribution in [3.8, 4) is 0 Å².